The third-order valence-electron chi connectivity index (χ3n) is 4.17. The molecular weight excluding hydrogens is 305 g/mol. The predicted molar refractivity (Wildman–Crippen MR) is 72.2 cm³/mol. The molecule has 8 heteroatoms. The summed E-state index contributed by atoms with van der Waals surface area (Å²) in [5, 5.41) is -0.995. The summed E-state index contributed by atoms with van der Waals surface area (Å²) < 4.78 is 39.8. The van der Waals surface area contributed by atoms with Crippen LogP contribution in [0.3, 0.4) is 0 Å². The topological polar surface area (TPSA) is 86.7 Å². The van der Waals surface area contributed by atoms with Crippen molar-refractivity contribution in [2.24, 2.45) is 5.41 Å². The van der Waals surface area contributed by atoms with Crippen molar-refractivity contribution in [1.82, 2.24) is 4.90 Å². The first kappa shape index (κ1) is 19.2. The van der Waals surface area contributed by atoms with Gasteiger partial charge in [-0.2, -0.15) is 0 Å². The Hall–Kier alpha value is 0.180. The van der Waals surface area contributed by atoms with Gasteiger partial charge >= 0.3 is 35.7 Å². The van der Waals surface area contributed by atoms with Crippen LogP contribution >= 0.6 is 0 Å². The summed E-state index contributed by atoms with van der Waals surface area (Å²) in [5.41, 5.74) is -1.19. The fraction of sp³-hybridized carbons (Fsp3) is 0.923. The Labute approximate surface area is 148 Å². The molecule has 0 aromatic heterocycles. The molecule has 6 nitrogen and oxygen atoms in total. The van der Waals surface area contributed by atoms with Gasteiger partial charge in [0.1, 0.15) is 5.60 Å². The van der Waals surface area contributed by atoms with Gasteiger partial charge in [-0.15, -0.1) is 0 Å². The summed E-state index contributed by atoms with van der Waals surface area (Å²) in [6.07, 6.45) is 2.68. The summed E-state index contributed by atoms with van der Waals surface area (Å²) in [7, 11) is -4.40. The molecular formula is C13H22NNaO5S. The second kappa shape index (κ2) is 6.35. The van der Waals surface area contributed by atoms with Gasteiger partial charge in [-0.3, -0.25) is 0 Å². The van der Waals surface area contributed by atoms with Crippen molar-refractivity contribution in [2.45, 2.75) is 57.3 Å². The summed E-state index contributed by atoms with van der Waals surface area (Å²) in [4.78, 5) is 13.5. The summed E-state index contributed by atoms with van der Waals surface area (Å²) in [6.45, 7) is 5.55. The maximum absolute atomic E-state index is 12.1. The van der Waals surface area contributed by atoms with Crippen molar-refractivity contribution in [3.05, 3.63) is 0 Å². The third kappa shape index (κ3) is 4.34. The van der Waals surface area contributed by atoms with Gasteiger partial charge in [-0.05, 0) is 33.6 Å². The first-order valence-electron chi connectivity index (χ1n) is 6.96. The number of nitrogens with zero attached hydrogens (tertiary/aromatic N) is 1. The summed E-state index contributed by atoms with van der Waals surface area (Å²) >= 11 is 0. The van der Waals surface area contributed by atoms with E-state index in [0.717, 1.165) is 12.8 Å². The molecule has 1 unspecified atom stereocenters. The average Bonchev–Trinajstić information content (AvgIpc) is 2.83. The van der Waals surface area contributed by atoms with Gasteiger partial charge in [-0.1, -0.05) is 12.8 Å². The van der Waals surface area contributed by atoms with Gasteiger partial charge < -0.3 is 14.2 Å². The van der Waals surface area contributed by atoms with E-state index in [0.29, 0.717) is 19.4 Å². The van der Waals surface area contributed by atoms with E-state index >= 15 is 0 Å². The standard InChI is InChI=1S/C13H23NO5S.Na/c1-12(2,3)19-11(15)14-8-10(20(16,17)18)13(9-14)6-4-5-7-13;/h10H,4-9H2,1-3H3,(H,16,17,18);/q;+1/p-1. The minimum atomic E-state index is -4.40. The number of likely N-dealkylation sites (tertiary alicyclic amines) is 1. The van der Waals surface area contributed by atoms with Crippen molar-refractivity contribution in [1.29, 1.82) is 0 Å². The normalized spacial score (nSPS) is 25.0. The first-order chi connectivity index (χ1) is 9.04. The van der Waals surface area contributed by atoms with Crippen LogP contribution < -0.4 is 29.6 Å². The largest absolute Gasteiger partial charge is 1.00 e. The molecule has 1 aliphatic carbocycles. The second-order valence-electron chi connectivity index (χ2n) is 6.91. The third-order valence-corrected chi connectivity index (χ3v) is 5.52. The minimum Gasteiger partial charge on any atom is -0.748 e. The van der Waals surface area contributed by atoms with E-state index in [2.05, 4.69) is 0 Å². The van der Waals surface area contributed by atoms with Crippen molar-refractivity contribution in [2.75, 3.05) is 13.1 Å². The Morgan fingerprint density at radius 2 is 1.81 bits per heavy atom. The average molecular weight is 327 g/mol. The number of rotatable bonds is 1. The molecule has 1 amide bonds. The number of ether oxygens (including phenoxy) is 1. The van der Waals surface area contributed by atoms with E-state index in [1.165, 1.54) is 4.90 Å². The molecule has 0 aromatic carbocycles. The zero-order valence-corrected chi connectivity index (χ0v) is 16.0. The molecule has 1 heterocycles. The first-order valence-corrected chi connectivity index (χ1v) is 8.43. The van der Waals surface area contributed by atoms with E-state index < -0.39 is 32.5 Å². The molecule has 0 aromatic rings. The van der Waals surface area contributed by atoms with Crippen molar-refractivity contribution in [3.63, 3.8) is 0 Å². The number of carbonyl (C=O) groups excluding carboxylic acids is 1. The quantitative estimate of drug-likeness (QED) is 0.442. The van der Waals surface area contributed by atoms with E-state index in [-0.39, 0.29) is 36.1 Å². The zero-order chi connectivity index (χ0) is 15.2. The van der Waals surface area contributed by atoms with Gasteiger partial charge in [0, 0.05) is 18.5 Å². The van der Waals surface area contributed by atoms with Gasteiger partial charge in [0.25, 0.3) is 0 Å². The fourth-order valence-corrected chi connectivity index (χ4v) is 4.65. The number of amides is 1. The maximum Gasteiger partial charge on any atom is 1.00 e. The van der Waals surface area contributed by atoms with Gasteiger partial charge in [0.15, 0.2) is 0 Å². The fourth-order valence-electron chi connectivity index (χ4n) is 3.36. The molecule has 21 heavy (non-hydrogen) atoms. The zero-order valence-electron chi connectivity index (χ0n) is 13.2. The van der Waals surface area contributed by atoms with Crippen molar-refractivity contribution < 1.29 is 52.1 Å². The molecule has 0 N–H and O–H groups in total. The Morgan fingerprint density at radius 3 is 2.24 bits per heavy atom. The predicted octanol–water partition coefficient (Wildman–Crippen LogP) is -1.28. The van der Waals surface area contributed by atoms with Crippen LogP contribution in [0.15, 0.2) is 0 Å². The molecule has 2 aliphatic rings. The van der Waals surface area contributed by atoms with Crippen LogP contribution in [0.4, 0.5) is 4.79 Å². The SMILES string of the molecule is CC(C)(C)OC(=O)N1CC(S(=O)(=O)[O-])C2(CCCC2)C1.[Na+]. The monoisotopic (exact) mass is 327 g/mol. The minimum absolute atomic E-state index is 0. The van der Waals surface area contributed by atoms with E-state index in [4.69, 9.17) is 4.74 Å². The molecule has 2 fully saturated rings. The molecule has 0 radical (unpaired) electrons. The van der Waals surface area contributed by atoms with Crippen LogP contribution in [-0.2, 0) is 14.9 Å². The molecule has 2 rings (SSSR count). The maximum atomic E-state index is 12.1. The summed E-state index contributed by atoms with van der Waals surface area (Å²) in [6, 6.07) is 0. The van der Waals surface area contributed by atoms with E-state index in [1.807, 2.05) is 0 Å². The Morgan fingerprint density at radius 1 is 1.29 bits per heavy atom. The van der Waals surface area contributed by atoms with Crippen LogP contribution in [0.25, 0.3) is 0 Å². The Kier molecular flexibility index (Phi) is 5.82. The molecule has 1 spiro atoms. The van der Waals surface area contributed by atoms with Gasteiger partial charge in [0.2, 0.25) is 0 Å². The smallest absolute Gasteiger partial charge is 0.748 e. The molecule has 0 bridgehead atoms. The van der Waals surface area contributed by atoms with Crippen molar-refractivity contribution >= 4 is 16.2 Å². The van der Waals surface area contributed by atoms with Crippen LogP contribution in [0.5, 0.6) is 0 Å². The molecule has 1 aliphatic heterocycles. The van der Waals surface area contributed by atoms with E-state index in [9.17, 15) is 17.8 Å². The van der Waals surface area contributed by atoms with Crippen LogP contribution in [0.1, 0.15) is 46.5 Å². The molecule has 1 atom stereocenters. The summed E-state index contributed by atoms with van der Waals surface area (Å²) in [5.74, 6) is 0. The van der Waals surface area contributed by atoms with Crippen molar-refractivity contribution in [3.8, 4) is 0 Å². The van der Waals surface area contributed by atoms with Gasteiger partial charge in [-0.25, -0.2) is 13.2 Å². The van der Waals surface area contributed by atoms with Gasteiger partial charge in [0.05, 0.1) is 15.4 Å². The Balaban J connectivity index is 0.00000220. The molecule has 1 saturated heterocycles. The van der Waals surface area contributed by atoms with Crippen LogP contribution in [-0.4, -0.2) is 47.9 Å². The van der Waals surface area contributed by atoms with E-state index in [1.54, 1.807) is 20.8 Å². The van der Waals surface area contributed by atoms with Crippen LogP contribution in [0.2, 0.25) is 0 Å². The number of hydrogen-bond acceptors (Lipinski definition) is 5. The number of carbonyl (C=O) groups is 1. The molecule has 116 valence electrons. The number of hydrogen-bond donors (Lipinski definition) is 0. The van der Waals surface area contributed by atoms with Crippen LogP contribution in [0, 0.1) is 5.41 Å². The second-order valence-corrected chi connectivity index (χ2v) is 8.47. The molecule has 1 saturated carbocycles. The Bertz CT molecular complexity index is 493.